The molecular weight excluding hydrogens is 436 g/mol. The first-order chi connectivity index (χ1) is 17.2. The zero-order chi connectivity index (χ0) is 23.6. The van der Waals surface area contributed by atoms with Crippen molar-refractivity contribution in [3.63, 3.8) is 0 Å². The number of carbonyl (C=O) groups is 1. The molecule has 0 bridgehead atoms. The minimum Gasteiger partial charge on any atom is -0.359 e. The zero-order valence-corrected chi connectivity index (χ0v) is 19.7. The summed E-state index contributed by atoms with van der Waals surface area (Å²) in [6, 6.07) is 18.3. The molecule has 1 aliphatic carbocycles. The van der Waals surface area contributed by atoms with Crippen LogP contribution >= 0.6 is 0 Å². The van der Waals surface area contributed by atoms with Gasteiger partial charge in [-0.1, -0.05) is 30.3 Å². The molecule has 1 aromatic heterocycles. The van der Waals surface area contributed by atoms with Crippen molar-refractivity contribution in [3.8, 4) is 0 Å². The number of benzene rings is 2. The van der Waals surface area contributed by atoms with E-state index in [-0.39, 0.29) is 6.03 Å². The maximum absolute atomic E-state index is 12.8. The van der Waals surface area contributed by atoms with Crippen LogP contribution in [0.15, 0.2) is 70.8 Å². The summed E-state index contributed by atoms with van der Waals surface area (Å²) < 4.78 is 0. The van der Waals surface area contributed by atoms with Gasteiger partial charge >= 0.3 is 6.03 Å². The molecule has 2 amide bonds. The number of nitrogens with one attached hydrogen (secondary N) is 3. The van der Waals surface area contributed by atoms with Gasteiger partial charge in [-0.2, -0.15) is 0 Å². The fourth-order valence-corrected chi connectivity index (χ4v) is 5.22. The number of rotatable bonds is 4. The number of H-pyrrole nitrogens is 1. The van der Waals surface area contributed by atoms with Crippen LogP contribution in [-0.2, 0) is 6.42 Å². The number of fused-ring (bicyclic) bond motifs is 1. The second-order valence-electron chi connectivity index (χ2n) is 9.67. The molecule has 1 unspecified atom stereocenters. The monoisotopic (exact) mass is 466 g/mol. The smallest absolute Gasteiger partial charge is 0.323 e. The number of aromatic nitrogens is 1. The molecule has 7 heteroatoms. The van der Waals surface area contributed by atoms with Gasteiger partial charge in [0.2, 0.25) is 0 Å². The Balaban J connectivity index is 1.12. The fourth-order valence-electron chi connectivity index (χ4n) is 5.22. The Morgan fingerprint density at radius 1 is 1.00 bits per heavy atom. The summed E-state index contributed by atoms with van der Waals surface area (Å²) in [7, 11) is 0. The molecule has 3 aromatic rings. The summed E-state index contributed by atoms with van der Waals surface area (Å²) in [6.45, 7) is 1.92. The lowest BCUT2D eigenvalue weighted by Gasteiger charge is -2.35. The first kappa shape index (κ1) is 21.6. The number of hydrogen-bond acceptors (Lipinski definition) is 4. The van der Waals surface area contributed by atoms with Crippen molar-refractivity contribution >= 4 is 35.4 Å². The number of nitrogens with zero attached hydrogens (tertiary/aromatic N) is 3. The molecule has 0 radical (unpaired) electrons. The highest BCUT2D eigenvalue weighted by Gasteiger charge is 2.27. The predicted octanol–water partition coefficient (Wildman–Crippen LogP) is 6.03. The van der Waals surface area contributed by atoms with E-state index in [0.717, 1.165) is 55.4 Å². The molecular formula is C28H30N6O. The van der Waals surface area contributed by atoms with Crippen molar-refractivity contribution in [1.82, 2.24) is 9.88 Å². The number of amidine groups is 1. The molecule has 0 spiro atoms. The number of amides is 2. The van der Waals surface area contributed by atoms with Crippen molar-refractivity contribution in [1.29, 1.82) is 0 Å². The number of anilines is 2. The van der Waals surface area contributed by atoms with Crippen molar-refractivity contribution in [2.24, 2.45) is 9.98 Å². The van der Waals surface area contributed by atoms with Gasteiger partial charge in [-0.15, -0.1) is 0 Å². The van der Waals surface area contributed by atoms with E-state index in [4.69, 9.17) is 0 Å². The quantitative estimate of drug-likeness (QED) is 0.439. The number of aromatic amines is 1. The molecule has 35 heavy (non-hydrogen) atoms. The molecule has 7 nitrogen and oxygen atoms in total. The predicted molar refractivity (Wildman–Crippen MR) is 141 cm³/mol. The van der Waals surface area contributed by atoms with Gasteiger partial charge in [0.1, 0.15) is 18.0 Å². The Kier molecular flexibility index (Phi) is 5.82. The molecule has 6 rings (SSSR count). The topological polar surface area (TPSA) is 84.9 Å². The van der Waals surface area contributed by atoms with Crippen LogP contribution in [-0.4, -0.2) is 41.2 Å². The Hall–Kier alpha value is -3.87. The highest BCUT2D eigenvalue weighted by atomic mass is 16.2. The van der Waals surface area contributed by atoms with Crippen LogP contribution in [0.2, 0.25) is 0 Å². The minimum atomic E-state index is -0.199. The molecule has 2 aliphatic heterocycles. The molecule has 3 N–H and O–H groups in total. The maximum Gasteiger partial charge on any atom is 0.323 e. The van der Waals surface area contributed by atoms with E-state index in [1.54, 1.807) is 6.34 Å². The number of piperidine rings is 1. The third kappa shape index (κ3) is 4.85. The van der Waals surface area contributed by atoms with Gasteiger partial charge in [-0.3, -0.25) is 0 Å². The first-order valence-electron chi connectivity index (χ1n) is 12.5. The second kappa shape index (κ2) is 9.41. The second-order valence-corrected chi connectivity index (χ2v) is 9.67. The largest absolute Gasteiger partial charge is 0.359 e. The number of hydrogen-bond donors (Lipinski definition) is 3. The van der Waals surface area contributed by atoms with Crippen LogP contribution in [0.5, 0.6) is 0 Å². The lowest BCUT2D eigenvalue weighted by molar-refractivity contribution is 0.262. The van der Waals surface area contributed by atoms with E-state index in [1.807, 2.05) is 36.5 Å². The summed E-state index contributed by atoms with van der Waals surface area (Å²) in [5.74, 6) is 2.93. The van der Waals surface area contributed by atoms with Crippen molar-refractivity contribution in [3.05, 3.63) is 77.5 Å². The van der Waals surface area contributed by atoms with Gasteiger partial charge in [-0.25, -0.2) is 14.8 Å². The summed E-state index contributed by atoms with van der Waals surface area (Å²) >= 11 is 0. The standard InChI is InChI=1S/C28H30N6O/c35-28(33-25-9-2-1-8-24(25)19-10-11-19)32-23-7-3-5-20(15-23)22-6-4-14-34(17-22)26-16-21-12-13-29-27(21)31-18-30-26/h1-3,5,7-9,12-13,15,18-19,22,29H,4,6,10-11,14,16-17H2,(H2,32,33,35). The van der Waals surface area contributed by atoms with Crippen LogP contribution in [0.3, 0.4) is 0 Å². The Morgan fingerprint density at radius 2 is 1.91 bits per heavy atom. The van der Waals surface area contributed by atoms with Gasteiger partial charge < -0.3 is 20.5 Å². The first-order valence-corrected chi connectivity index (χ1v) is 12.5. The molecule has 2 aromatic carbocycles. The number of aliphatic imine (C=N–C) groups is 2. The number of carbonyl (C=O) groups excluding carboxylic acids is 1. The van der Waals surface area contributed by atoms with Gasteiger partial charge in [0.05, 0.1) is 0 Å². The van der Waals surface area contributed by atoms with E-state index >= 15 is 0 Å². The molecule has 178 valence electrons. The van der Waals surface area contributed by atoms with Gasteiger partial charge in [0.15, 0.2) is 0 Å². The van der Waals surface area contributed by atoms with Crippen LogP contribution in [0.1, 0.15) is 54.2 Å². The van der Waals surface area contributed by atoms with Crippen LogP contribution < -0.4 is 10.6 Å². The molecule has 3 aliphatic rings. The molecule has 1 atom stereocenters. The van der Waals surface area contributed by atoms with Crippen molar-refractivity contribution in [2.45, 2.75) is 43.9 Å². The lowest BCUT2D eigenvalue weighted by atomic mass is 9.90. The third-order valence-electron chi connectivity index (χ3n) is 7.18. The summed E-state index contributed by atoms with van der Waals surface area (Å²) in [4.78, 5) is 27.4. The van der Waals surface area contributed by atoms with Gasteiger partial charge in [0.25, 0.3) is 0 Å². The summed E-state index contributed by atoms with van der Waals surface area (Å²) in [5.41, 5.74) is 5.38. The lowest BCUT2D eigenvalue weighted by Crippen LogP contribution is -2.40. The third-order valence-corrected chi connectivity index (χ3v) is 7.18. The zero-order valence-electron chi connectivity index (χ0n) is 19.7. The number of urea groups is 1. The van der Waals surface area contributed by atoms with Gasteiger partial charge in [-0.05, 0) is 67.0 Å². The fraction of sp³-hybridized carbons (Fsp3) is 0.321. The SMILES string of the molecule is O=C(Nc1cccc(C2CCCN(C3=NC=Nc4[nH]ccc4C3)C2)c1)Nc1ccccc1C1CC1. The highest BCUT2D eigenvalue weighted by Crippen LogP contribution is 2.43. The average molecular weight is 467 g/mol. The van der Waals surface area contributed by atoms with E-state index in [0.29, 0.717) is 11.8 Å². The molecule has 3 heterocycles. The minimum absolute atomic E-state index is 0.199. The Morgan fingerprint density at radius 3 is 2.83 bits per heavy atom. The molecule has 1 saturated carbocycles. The normalized spacial score (nSPS) is 19.5. The Labute approximate surface area is 205 Å². The average Bonchev–Trinajstić information content (AvgIpc) is 3.67. The summed E-state index contributed by atoms with van der Waals surface area (Å²) in [6.07, 6.45) is 9.01. The van der Waals surface area contributed by atoms with Crippen LogP contribution in [0.25, 0.3) is 0 Å². The summed E-state index contributed by atoms with van der Waals surface area (Å²) in [5, 5.41) is 6.09. The molecule has 2 fully saturated rings. The highest BCUT2D eigenvalue weighted by molar-refractivity contribution is 6.00. The van der Waals surface area contributed by atoms with E-state index < -0.39 is 0 Å². The van der Waals surface area contributed by atoms with Gasteiger partial charge in [0, 0.05) is 48.6 Å². The van der Waals surface area contributed by atoms with E-state index in [1.165, 1.54) is 29.5 Å². The number of para-hydroxylation sites is 1. The van der Waals surface area contributed by atoms with E-state index in [2.05, 4.69) is 54.8 Å². The van der Waals surface area contributed by atoms with Crippen molar-refractivity contribution < 1.29 is 4.79 Å². The van der Waals surface area contributed by atoms with Crippen LogP contribution in [0, 0.1) is 0 Å². The van der Waals surface area contributed by atoms with E-state index in [9.17, 15) is 4.79 Å². The maximum atomic E-state index is 12.8. The van der Waals surface area contributed by atoms with Crippen molar-refractivity contribution in [2.75, 3.05) is 23.7 Å². The van der Waals surface area contributed by atoms with Crippen LogP contribution in [0.4, 0.5) is 22.0 Å². The molecule has 1 saturated heterocycles. The Bertz CT molecular complexity index is 1290. The number of likely N-dealkylation sites (tertiary alicyclic amines) is 1.